The molecule has 1 heterocycles. The van der Waals surface area contributed by atoms with Crippen LogP contribution in [0.3, 0.4) is 0 Å². The van der Waals surface area contributed by atoms with Crippen LogP contribution >= 0.6 is 11.6 Å². The van der Waals surface area contributed by atoms with Crippen molar-refractivity contribution in [2.45, 2.75) is 56.6 Å². The molecule has 0 bridgehead atoms. The molecule has 1 saturated carbocycles. The molecule has 160 valence electrons. The molecule has 1 atom stereocenters. The Labute approximate surface area is 186 Å². The molecule has 2 aromatic carbocycles. The van der Waals surface area contributed by atoms with Gasteiger partial charge < -0.3 is 15.5 Å². The van der Waals surface area contributed by atoms with Crippen LogP contribution in [0.15, 0.2) is 53.5 Å². The van der Waals surface area contributed by atoms with Gasteiger partial charge in [0.25, 0.3) is 5.56 Å². The van der Waals surface area contributed by atoms with Crippen molar-refractivity contribution < 1.29 is 4.74 Å². The average molecular weight is 436 g/mol. The highest BCUT2D eigenvalue weighted by atomic mass is 35.5. The fourth-order valence-corrected chi connectivity index (χ4v) is 5.03. The maximum absolute atomic E-state index is 12.0. The van der Waals surface area contributed by atoms with Crippen LogP contribution in [0.5, 0.6) is 5.75 Å². The van der Waals surface area contributed by atoms with E-state index < -0.39 is 0 Å². The zero-order valence-corrected chi connectivity index (χ0v) is 18.3. The summed E-state index contributed by atoms with van der Waals surface area (Å²) in [5, 5.41) is 10.9. The van der Waals surface area contributed by atoms with E-state index in [0.717, 1.165) is 37.5 Å². The van der Waals surface area contributed by atoms with Crippen molar-refractivity contribution >= 4 is 22.4 Å². The van der Waals surface area contributed by atoms with Crippen LogP contribution in [-0.4, -0.2) is 17.1 Å². The molecule has 5 nitrogen and oxygen atoms in total. The number of pyridine rings is 1. The van der Waals surface area contributed by atoms with Crippen molar-refractivity contribution in [3.8, 4) is 11.8 Å². The highest BCUT2D eigenvalue weighted by molar-refractivity contribution is 6.32. The Hall–Kier alpha value is -2.81. The van der Waals surface area contributed by atoms with Crippen molar-refractivity contribution in [2.24, 2.45) is 5.73 Å². The van der Waals surface area contributed by atoms with Crippen molar-refractivity contribution in [3.05, 3.63) is 75.2 Å². The number of rotatable bonds is 5. The predicted octanol–water partition coefficient (Wildman–Crippen LogP) is 5.05. The summed E-state index contributed by atoms with van der Waals surface area (Å²) in [5.74, 6) is 0.607. The zero-order chi connectivity index (χ0) is 22.0. The van der Waals surface area contributed by atoms with Gasteiger partial charge in [-0.15, -0.1) is 0 Å². The second-order valence-electron chi connectivity index (χ2n) is 8.35. The summed E-state index contributed by atoms with van der Waals surface area (Å²) in [6, 6.07) is 15.4. The van der Waals surface area contributed by atoms with Gasteiger partial charge in [0.2, 0.25) is 0 Å². The lowest BCUT2D eigenvalue weighted by Gasteiger charge is -2.44. The van der Waals surface area contributed by atoms with E-state index in [1.165, 1.54) is 5.56 Å². The lowest BCUT2D eigenvalue weighted by atomic mass is 9.64. The molecular formula is C25H26ClN3O2. The minimum absolute atomic E-state index is 0.0347. The molecule has 0 spiro atoms. The molecule has 1 fully saturated rings. The monoisotopic (exact) mass is 435 g/mol. The number of aromatic amines is 1. The second-order valence-corrected chi connectivity index (χ2v) is 8.76. The number of benzene rings is 2. The molecule has 1 aliphatic rings. The smallest absolute Gasteiger partial charge is 0.255 e. The zero-order valence-electron chi connectivity index (χ0n) is 17.5. The number of hydrogen-bond acceptors (Lipinski definition) is 4. The standard InChI is InChI=1S/C25H26ClN3O2/c1-2-23(28)25(18-5-3-16(15-27)4-6-18)10-7-19(8-11-25)31-22-13-17-9-12-29-24(30)20(17)14-21(22)26/h3-6,9,12-14,19,23H,2,7-8,10-11,28H2,1H3,(H,29,30)/t19?,23-,25?/m1/s1. The van der Waals surface area contributed by atoms with Crippen LogP contribution in [0.25, 0.3) is 10.8 Å². The highest BCUT2D eigenvalue weighted by Crippen LogP contribution is 2.44. The first-order chi connectivity index (χ1) is 15.0. The minimum atomic E-state index is -0.163. The van der Waals surface area contributed by atoms with Crippen molar-refractivity contribution in [3.63, 3.8) is 0 Å². The third kappa shape index (κ3) is 4.06. The lowest BCUT2D eigenvalue weighted by Crippen LogP contribution is -2.48. The van der Waals surface area contributed by atoms with Gasteiger partial charge in [0.05, 0.1) is 22.8 Å². The van der Waals surface area contributed by atoms with Crippen molar-refractivity contribution in [1.82, 2.24) is 4.98 Å². The Balaban J connectivity index is 1.55. The first-order valence-electron chi connectivity index (χ1n) is 10.7. The van der Waals surface area contributed by atoms with Crippen molar-refractivity contribution in [2.75, 3.05) is 0 Å². The van der Waals surface area contributed by atoms with Crippen LogP contribution in [0.4, 0.5) is 0 Å². The van der Waals surface area contributed by atoms with Gasteiger partial charge in [-0.2, -0.15) is 5.26 Å². The van der Waals surface area contributed by atoms with Gasteiger partial charge in [0.1, 0.15) is 5.75 Å². The fraction of sp³-hybridized carbons (Fsp3) is 0.360. The van der Waals surface area contributed by atoms with E-state index in [0.29, 0.717) is 21.7 Å². The number of fused-ring (bicyclic) bond motifs is 1. The summed E-state index contributed by atoms with van der Waals surface area (Å²) in [5.41, 5.74) is 8.19. The summed E-state index contributed by atoms with van der Waals surface area (Å²) in [7, 11) is 0. The number of aromatic nitrogens is 1. The predicted molar refractivity (Wildman–Crippen MR) is 124 cm³/mol. The summed E-state index contributed by atoms with van der Waals surface area (Å²) >= 11 is 6.42. The third-order valence-electron chi connectivity index (χ3n) is 6.68. The van der Waals surface area contributed by atoms with E-state index in [-0.39, 0.29) is 23.1 Å². The molecule has 4 rings (SSSR count). The first-order valence-corrected chi connectivity index (χ1v) is 11.1. The summed E-state index contributed by atoms with van der Waals surface area (Å²) < 4.78 is 6.29. The molecule has 1 aromatic heterocycles. The van der Waals surface area contributed by atoms with Crippen molar-refractivity contribution in [1.29, 1.82) is 5.26 Å². The van der Waals surface area contributed by atoms with Gasteiger partial charge in [-0.3, -0.25) is 4.79 Å². The van der Waals surface area contributed by atoms with Crippen LogP contribution in [-0.2, 0) is 5.41 Å². The Kier molecular flexibility index (Phi) is 6.04. The van der Waals surface area contributed by atoms with Gasteiger partial charge >= 0.3 is 0 Å². The van der Waals surface area contributed by atoms with Gasteiger partial charge in [0.15, 0.2) is 0 Å². The number of nitrogens with one attached hydrogen (secondary N) is 1. The molecule has 1 aliphatic carbocycles. The number of hydrogen-bond donors (Lipinski definition) is 2. The van der Waals surface area contributed by atoms with Crippen LogP contribution in [0.2, 0.25) is 5.02 Å². The number of ether oxygens (including phenoxy) is 1. The molecule has 6 heteroatoms. The normalized spacial score (nSPS) is 22.1. The first kappa shape index (κ1) is 21.4. The molecule has 0 aliphatic heterocycles. The third-order valence-corrected chi connectivity index (χ3v) is 6.98. The Morgan fingerprint density at radius 2 is 1.97 bits per heavy atom. The highest BCUT2D eigenvalue weighted by Gasteiger charge is 2.41. The number of nitrogens with two attached hydrogens (primary N) is 1. The van der Waals surface area contributed by atoms with E-state index in [4.69, 9.17) is 27.3 Å². The summed E-state index contributed by atoms with van der Waals surface area (Å²) in [6.07, 6.45) is 6.08. The summed E-state index contributed by atoms with van der Waals surface area (Å²) in [4.78, 5) is 14.7. The van der Waals surface area contributed by atoms with Crippen LogP contribution in [0, 0.1) is 11.3 Å². The number of nitriles is 1. The van der Waals surface area contributed by atoms with Crippen LogP contribution < -0.4 is 16.0 Å². The molecule has 3 aromatic rings. The topological polar surface area (TPSA) is 91.9 Å². The van der Waals surface area contributed by atoms with Crippen LogP contribution in [0.1, 0.15) is 50.2 Å². The summed E-state index contributed by atoms with van der Waals surface area (Å²) in [6.45, 7) is 2.12. The Morgan fingerprint density at radius 3 is 2.61 bits per heavy atom. The Bertz CT molecular complexity index is 1170. The number of halogens is 1. The molecule has 0 saturated heterocycles. The molecular weight excluding hydrogens is 410 g/mol. The average Bonchev–Trinajstić information content (AvgIpc) is 2.80. The second kappa shape index (κ2) is 8.74. The lowest BCUT2D eigenvalue weighted by molar-refractivity contribution is 0.104. The Morgan fingerprint density at radius 1 is 1.26 bits per heavy atom. The van der Waals surface area contributed by atoms with E-state index in [1.54, 1.807) is 12.3 Å². The van der Waals surface area contributed by atoms with E-state index in [9.17, 15) is 4.79 Å². The van der Waals surface area contributed by atoms with Gasteiger partial charge in [-0.05, 0) is 73.4 Å². The largest absolute Gasteiger partial charge is 0.489 e. The molecule has 0 amide bonds. The minimum Gasteiger partial charge on any atom is -0.489 e. The van der Waals surface area contributed by atoms with E-state index >= 15 is 0 Å². The molecule has 0 radical (unpaired) electrons. The molecule has 31 heavy (non-hydrogen) atoms. The van der Waals surface area contributed by atoms with E-state index in [2.05, 4.69) is 18.0 Å². The maximum Gasteiger partial charge on any atom is 0.255 e. The van der Waals surface area contributed by atoms with Gasteiger partial charge in [-0.25, -0.2) is 0 Å². The van der Waals surface area contributed by atoms with Gasteiger partial charge in [0, 0.05) is 23.0 Å². The van der Waals surface area contributed by atoms with E-state index in [1.807, 2.05) is 36.4 Å². The number of nitrogens with zero attached hydrogens (tertiary/aromatic N) is 1. The maximum atomic E-state index is 12.0. The SMILES string of the molecule is CC[C@@H](N)C1(c2ccc(C#N)cc2)CCC(Oc2cc3cc[nH]c(=O)c3cc2Cl)CC1. The number of H-pyrrole nitrogens is 1. The fourth-order valence-electron chi connectivity index (χ4n) is 4.82. The van der Waals surface area contributed by atoms with Gasteiger partial charge in [-0.1, -0.05) is 30.7 Å². The quantitative estimate of drug-likeness (QED) is 0.586. The molecule has 3 N–H and O–H groups in total. The molecule has 0 unspecified atom stereocenters.